The van der Waals surface area contributed by atoms with Crippen molar-refractivity contribution < 1.29 is 24.7 Å². The Bertz CT molecular complexity index is 1040. The molecule has 0 atom stereocenters. The van der Waals surface area contributed by atoms with E-state index in [0.717, 1.165) is 16.8 Å². The maximum absolute atomic E-state index is 12.5. The predicted octanol–water partition coefficient (Wildman–Crippen LogP) is 2.55. The number of nitrogens with one attached hydrogen (secondary N) is 1. The number of phenols is 2. The summed E-state index contributed by atoms with van der Waals surface area (Å²) in [5.41, 5.74) is 2.77. The lowest BCUT2D eigenvalue weighted by Crippen LogP contribution is -2.44. The van der Waals surface area contributed by atoms with Crippen molar-refractivity contribution in [1.82, 2.24) is 10.4 Å². The Hall–Kier alpha value is -3.44. The number of thiocarbonyl (C=S) groups is 1. The topological polar surface area (TPSA) is 133 Å². The standard InChI is InChI=1S/C17H11N3O6S2/c21-12-6-1-9(7-13(12)22)8-14-16(24)19(17(27)28-14)18-15(23)10-2-4-11(5-3-10)20(25)26/h1-8,21-22H,(H,18,23)/b14-8+. The van der Waals surface area contributed by atoms with Gasteiger partial charge in [-0.2, -0.15) is 5.01 Å². The van der Waals surface area contributed by atoms with Crippen LogP contribution in [0.15, 0.2) is 47.4 Å². The molecule has 11 heteroatoms. The highest BCUT2D eigenvalue weighted by Crippen LogP contribution is 2.33. The van der Waals surface area contributed by atoms with Gasteiger partial charge in [0, 0.05) is 17.7 Å². The second-order valence-corrected chi connectivity index (χ2v) is 7.19. The molecular weight excluding hydrogens is 406 g/mol. The summed E-state index contributed by atoms with van der Waals surface area (Å²) in [5, 5.41) is 30.4. The van der Waals surface area contributed by atoms with E-state index in [2.05, 4.69) is 5.43 Å². The number of rotatable bonds is 4. The van der Waals surface area contributed by atoms with Crippen molar-refractivity contribution in [3.63, 3.8) is 0 Å². The molecule has 9 nitrogen and oxygen atoms in total. The van der Waals surface area contributed by atoms with Crippen molar-refractivity contribution in [1.29, 1.82) is 0 Å². The number of carbonyl (C=O) groups excluding carboxylic acids is 2. The van der Waals surface area contributed by atoms with Crippen LogP contribution in [0.3, 0.4) is 0 Å². The lowest BCUT2D eigenvalue weighted by Gasteiger charge is -2.15. The Morgan fingerprint density at radius 3 is 2.46 bits per heavy atom. The fraction of sp³-hybridized carbons (Fsp3) is 0. The summed E-state index contributed by atoms with van der Waals surface area (Å²) in [6, 6.07) is 8.93. The van der Waals surface area contributed by atoms with Gasteiger partial charge >= 0.3 is 0 Å². The molecule has 1 fully saturated rings. The number of hydrogen-bond acceptors (Lipinski definition) is 8. The maximum atomic E-state index is 12.5. The van der Waals surface area contributed by atoms with Gasteiger partial charge < -0.3 is 10.2 Å². The fourth-order valence-electron chi connectivity index (χ4n) is 2.25. The molecule has 2 aromatic carbocycles. The normalized spacial score (nSPS) is 15.1. The molecule has 142 valence electrons. The number of nitrogens with zero attached hydrogens (tertiary/aromatic N) is 2. The monoisotopic (exact) mass is 417 g/mol. The van der Waals surface area contributed by atoms with E-state index in [0.29, 0.717) is 5.56 Å². The molecule has 3 N–H and O–H groups in total. The molecular formula is C17H11N3O6S2. The van der Waals surface area contributed by atoms with Crippen LogP contribution in [-0.2, 0) is 4.79 Å². The third-order valence-electron chi connectivity index (χ3n) is 3.64. The van der Waals surface area contributed by atoms with Crippen LogP contribution in [0.4, 0.5) is 5.69 Å². The molecule has 3 rings (SSSR count). The molecule has 1 aliphatic heterocycles. The Balaban J connectivity index is 1.76. The third kappa shape index (κ3) is 3.94. The van der Waals surface area contributed by atoms with Gasteiger partial charge in [-0.1, -0.05) is 17.8 Å². The van der Waals surface area contributed by atoms with Crippen LogP contribution >= 0.6 is 24.0 Å². The molecule has 2 amide bonds. The zero-order chi connectivity index (χ0) is 20.4. The molecule has 1 heterocycles. The summed E-state index contributed by atoms with van der Waals surface area (Å²) >= 11 is 6.07. The minimum Gasteiger partial charge on any atom is -0.504 e. The molecule has 28 heavy (non-hydrogen) atoms. The van der Waals surface area contributed by atoms with E-state index in [1.165, 1.54) is 48.5 Å². The number of aromatic hydroxyl groups is 2. The number of nitro groups is 1. The first kappa shape index (κ1) is 19.3. The molecule has 1 saturated heterocycles. The number of thioether (sulfide) groups is 1. The predicted molar refractivity (Wildman–Crippen MR) is 105 cm³/mol. The maximum Gasteiger partial charge on any atom is 0.285 e. The molecule has 2 aromatic rings. The van der Waals surface area contributed by atoms with E-state index in [4.69, 9.17) is 12.2 Å². The number of benzene rings is 2. The Morgan fingerprint density at radius 2 is 1.86 bits per heavy atom. The van der Waals surface area contributed by atoms with Crippen LogP contribution in [0.2, 0.25) is 0 Å². The number of hydrogen-bond donors (Lipinski definition) is 3. The number of nitro benzene ring substituents is 1. The van der Waals surface area contributed by atoms with E-state index in [-0.39, 0.29) is 32.0 Å². The molecule has 0 radical (unpaired) electrons. The van der Waals surface area contributed by atoms with Crippen LogP contribution in [-0.4, -0.2) is 36.3 Å². The minimum absolute atomic E-state index is 0.0921. The number of carbonyl (C=O) groups is 2. The zero-order valence-corrected chi connectivity index (χ0v) is 15.5. The second kappa shape index (κ2) is 7.66. The van der Waals surface area contributed by atoms with Crippen LogP contribution < -0.4 is 5.43 Å². The number of phenolic OH excluding ortho intramolecular Hbond substituents is 2. The average Bonchev–Trinajstić information content (AvgIpc) is 2.92. The lowest BCUT2D eigenvalue weighted by atomic mass is 10.2. The second-order valence-electron chi connectivity index (χ2n) is 5.51. The Labute approximate surface area is 167 Å². The molecule has 0 unspecified atom stereocenters. The zero-order valence-electron chi connectivity index (χ0n) is 13.9. The first-order valence-electron chi connectivity index (χ1n) is 7.61. The van der Waals surface area contributed by atoms with Crippen molar-refractivity contribution in [3.05, 3.63) is 68.6 Å². The highest BCUT2D eigenvalue weighted by molar-refractivity contribution is 8.26. The van der Waals surface area contributed by atoms with Gasteiger partial charge in [0.15, 0.2) is 15.8 Å². The van der Waals surface area contributed by atoms with Crippen LogP contribution in [0.25, 0.3) is 6.08 Å². The third-order valence-corrected chi connectivity index (χ3v) is 4.95. The number of amides is 2. The summed E-state index contributed by atoms with van der Waals surface area (Å²) in [7, 11) is 0. The Morgan fingerprint density at radius 1 is 1.18 bits per heavy atom. The van der Waals surface area contributed by atoms with Gasteiger partial charge in [-0.3, -0.25) is 25.1 Å². The number of non-ortho nitro benzene ring substituents is 1. The quantitative estimate of drug-likeness (QED) is 0.227. The van der Waals surface area contributed by atoms with Crippen LogP contribution in [0, 0.1) is 10.1 Å². The van der Waals surface area contributed by atoms with Gasteiger partial charge in [0.25, 0.3) is 17.5 Å². The SMILES string of the molecule is O=C(NN1C(=O)/C(=C\c2ccc(O)c(O)c2)SC1=S)c1ccc([N+](=O)[O-])cc1. The van der Waals surface area contributed by atoms with E-state index in [9.17, 15) is 29.9 Å². The largest absolute Gasteiger partial charge is 0.504 e. The van der Waals surface area contributed by atoms with Crippen LogP contribution in [0.1, 0.15) is 15.9 Å². The first-order valence-corrected chi connectivity index (χ1v) is 8.84. The summed E-state index contributed by atoms with van der Waals surface area (Å²) in [5.74, 6) is -1.86. The van der Waals surface area contributed by atoms with Gasteiger partial charge in [-0.15, -0.1) is 0 Å². The van der Waals surface area contributed by atoms with E-state index < -0.39 is 16.7 Å². The van der Waals surface area contributed by atoms with E-state index in [1.54, 1.807) is 0 Å². The lowest BCUT2D eigenvalue weighted by molar-refractivity contribution is -0.384. The highest BCUT2D eigenvalue weighted by Gasteiger charge is 2.33. The van der Waals surface area contributed by atoms with Crippen molar-refractivity contribution in [2.24, 2.45) is 0 Å². The molecule has 1 aliphatic rings. The van der Waals surface area contributed by atoms with Gasteiger partial charge in [-0.05, 0) is 48.1 Å². The van der Waals surface area contributed by atoms with Gasteiger partial charge in [0.2, 0.25) is 0 Å². The molecule has 0 saturated carbocycles. The highest BCUT2D eigenvalue weighted by atomic mass is 32.2. The van der Waals surface area contributed by atoms with Crippen LogP contribution in [0.5, 0.6) is 11.5 Å². The summed E-state index contributed by atoms with van der Waals surface area (Å²) in [4.78, 5) is 35.1. The van der Waals surface area contributed by atoms with Gasteiger partial charge in [-0.25, -0.2) is 0 Å². The molecule has 0 aromatic heterocycles. The van der Waals surface area contributed by atoms with Crippen molar-refractivity contribution in [2.45, 2.75) is 0 Å². The summed E-state index contributed by atoms with van der Waals surface area (Å²) < 4.78 is 0.0921. The average molecular weight is 417 g/mol. The fourth-order valence-corrected chi connectivity index (χ4v) is 3.43. The Kier molecular flexibility index (Phi) is 5.29. The minimum atomic E-state index is -0.658. The van der Waals surface area contributed by atoms with Gasteiger partial charge in [0.05, 0.1) is 9.83 Å². The molecule has 0 spiro atoms. The van der Waals surface area contributed by atoms with E-state index >= 15 is 0 Å². The van der Waals surface area contributed by atoms with Gasteiger partial charge in [0.1, 0.15) is 0 Å². The van der Waals surface area contributed by atoms with Crippen molar-refractivity contribution in [3.8, 4) is 11.5 Å². The molecule has 0 aliphatic carbocycles. The smallest absolute Gasteiger partial charge is 0.285 e. The molecule has 0 bridgehead atoms. The van der Waals surface area contributed by atoms with E-state index in [1.807, 2.05) is 0 Å². The first-order chi connectivity index (χ1) is 13.3. The number of hydrazine groups is 1. The van der Waals surface area contributed by atoms with Crippen molar-refractivity contribution in [2.75, 3.05) is 0 Å². The van der Waals surface area contributed by atoms with Crippen molar-refractivity contribution >= 4 is 51.9 Å². The summed E-state index contributed by atoms with van der Waals surface area (Å²) in [6.45, 7) is 0. The summed E-state index contributed by atoms with van der Waals surface area (Å²) in [6.07, 6.45) is 1.45.